The van der Waals surface area contributed by atoms with Crippen molar-refractivity contribution < 1.29 is 36.6 Å². The molecule has 1 amide bonds. The minimum absolute atomic E-state index is 0.0984. The predicted octanol–water partition coefficient (Wildman–Crippen LogP) is 6.90. The zero-order valence-corrected chi connectivity index (χ0v) is 22.4. The van der Waals surface area contributed by atoms with Crippen molar-refractivity contribution in [2.24, 2.45) is 5.73 Å². The number of fused-ring (bicyclic) bond motifs is 1. The number of nitrogens with two attached hydrogens (primary N) is 1. The minimum Gasteiger partial charge on any atom is -0.493 e. The second-order valence-corrected chi connectivity index (χ2v) is 10.2. The molecule has 1 fully saturated rings. The number of aromatic nitrogens is 1. The van der Waals surface area contributed by atoms with Crippen LogP contribution in [-0.2, 0) is 17.4 Å². The molecule has 0 atom stereocenters. The Kier molecular flexibility index (Phi) is 7.67. The van der Waals surface area contributed by atoms with Crippen LogP contribution >= 0.6 is 11.6 Å². The first kappa shape index (κ1) is 28.4. The number of benzene rings is 3. The summed E-state index contributed by atoms with van der Waals surface area (Å²) in [6.07, 6.45) is -1.75. The summed E-state index contributed by atoms with van der Waals surface area (Å²) in [4.78, 5) is 16.8. The third kappa shape index (κ3) is 6.63. The molecule has 214 valence electrons. The largest absolute Gasteiger partial charge is 0.493 e. The Bertz CT molecular complexity index is 1630. The van der Waals surface area contributed by atoms with Crippen LogP contribution in [0.4, 0.5) is 23.2 Å². The van der Waals surface area contributed by atoms with E-state index in [9.17, 15) is 22.4 Å². The van der Waals surface area contributed by atoms with Gasteiger partial charge in [-0.05, 0) is 54.8 Å². The number of rotatable bonds is 9. The van der Waals surface area contributed by atoms with Crippen molar-refractivity contribution in [3.63, 3.8) is 0 Å². The van der Waals surface area contributed by atoms with Crippen LogP contribution in [0.2, 0.25) is 5.02 Å². The molecule has 0 radical (unpaired) electrons. The van der Waals surface area contributed by atoms with Crippen LogP contribution in [0.5, 0.6) is 23.0 Å². The average molecular weight is 590 g/mol. The zero-order chi connectivity index (χ0) is 29.4. The van der Waals surface area contributed by atoms with Gasteiger partial charge in [0.05, 0.1) is 35.2 Å². The van der Waals surface area contributed by atoms with Gasteiger partial charge in [0.2, 0.25) is 5.91 Å². The van der Waals surface area contributed by atoms with Crippen molar-refractivity contribution in [3.8, 4) is 23.0 Å². The van der Waals surface area contributed by atoms with Crippen molar-refractivity contribution in [1.82, 2.24) is 4.98 Å². The number of nitrogens with zero attached hydrogens (tertiary/aromatic N) is 1. The maximum Gasteiger partial charge on any atom is 0.417 e. The third-order valence-electron chi connectivity index (χ3n) is 6.53. The molecule has 41 heavy (non-hydrogen) atoms. The second kappa shape index (κ2) is 11.1. The summed E-state index contributed by atoms with van der Waals surface area (Å²) < 4.78 is 71.5. The molecule has 1 saturated carbocycles. The van der Waals surface area contributed by atoms with Crippen LogP contribution < -0.4 is 25.3 Å². The van der Waals surface area contributed by atoms with Gasteiger partial charge in [0.25, 0.3) is 0 Å². The molecular formula is C29H24ClF4N3O4. The predicted molar refractivity (Wildman–Crippen MR) is 145 cm³/mol. The Morgan fingerprint density at radius 1 is 1.05 bits per heavy atom. The van der Waals surface area contributed by atoms with Gasteiger partial charge in [0.1, 0.15) is 12.4 Å². The molecule has 0 aliphatic heterocycles. The first-order valence-electron chi connectivity index (χ1n) is 12.5. The number of halogens is 5. The molecule has 0 spiro atoms. The fourth-order valence-electron chi connectivity index (χ4n) is 4.09. The van der Waals surface area contributed by atoms with E-state index in [4.69, 9.17) is 31.5 Å². The van der Waals surface area contributed by atoms with Gasteiger partial charge in [0.15, 0.2) is 23.1 Å². The molecule has 12 heteroatoms. The Balaban J connectivity index is 1.30. The van der Waals surface area contributed by atoms with Crippen molar-refractivity contribution in [2.75, 3.05) is 19.0 Å². The molecule has 3 N–H and O–H groups in total. The van der Waals surface area contributed by atoms with E-state index in [1.807, 2.05) is 0 Å². The van der Waals surface area contributed by atoms with E-state index >= 15 is 0 Å². The second-order valence-electron chi connectivity index (χ2n) is 9.76. The molecule has 3 aromatic carbocycles. The summed E-state index contributed by atoms with van der Waals surface area (Å²) in [7, 11) is 1.50. The smallest absolute Gasteiger partial charge is 0.417 e. The Labute approximate surface area is 237 Å². The number of nitrogens with one attached hydrogen (secondary N) is 1. The molecule has 0 unspecified atom stereocenters. The fourth-order valence-corrected chi connectivity index (χ4v) is 4.31. The maximum absolute atomic E-state index is 15.0. The molecule has 1 aromatic heterocycles. The monoisotopic (exact) mass is 589 g/mol. The lowest BCUT2D eigenvalue weighted by atomic mass is 10.1. The third-order valence-corrected chi connectivity index (χ3v) is 6.86. The molecule has 1 aliphatic carbocycles. The Morgan fingerprint density at radius 2 is 1.83 bits per heavy atom. The van der Waals surface area contributed by atoms with E-state index in [0.717, 1.165) is 31.0 Å². The van der Waals surface area contributed by atoms with Crippen LogP contribution in [0.25, 0.3) is 10.9 Å². The van der Waals surface area contributed by atoms with E-state index < -0.39 is 28.5 Å². The summed E-state index contributed by atoms with van der Waals surface area (Å²) >= 11 is 5.63. The minimum atomic E-state index is -4.66. The van der Waals surface area contributed by atoms with Crippen LogP contribution in [-0.4, -0.2) is 30.1 Å². The van der Waals surface area contributed by atoms with Gasteiger partial charge < -0.3 is 25.3 Å². The molecule has 4 aromatic rings. The number of hydrogen-bond acceptors (Lipinski definition) is 6. The molecule has 5 rings (SSSR count). The Morgan fingerprint density at radius 3 is 2.51 bits per heavy atom. The molecule has 0 saturated heterocycles. The Hall–Kier alpha value is -4.09. The van der Waals surface area contributed by atoms with Crippen LogP contribution in [0.1, 0.15) is 24.0 Å². The van der Waals surface area contributed by atoms with Crippen LogP contribution in [0, 0.1) is 5.82 Å². The quantitative estimate of drug-likeness (QED) is 0.206. The SMILES string of the molecule is COc1cc2c(Oc3ccc(NC(=O)Cc4ccc(Cl)c(C(F)(F)F)c4)cc3F)ccnc2cc1OCC1(N)CC1. The van der Waals surface area contributed by atoms with Gasteiger partial charge in [-0.25, -0.2) is 4.39 Å². The van der Waals surface area contributed by atoms with Crippen molar-refractivity contribution in [2.45, 2.75) is 31.0 Å². The standard InChI is InChI=1S/C29H24ClF4N3O4/c1-39-25-13-18-22(14-26(25)40-15-28(35)7-8-28)36-9-6-23(18)41-24-5-3-17(12-21(24)31)37-27(38)11-16-2-4-20(30)19(10-16)29(32,33)34/h2-6,9-10,12-14H,7-8,11,15,35H2,1H3,(H,37,38). The van der Waals surface area contributed by atoms with E-state index in [1.54, 1.807) is 18.2 Å². The number of anilines is 1. The van der Waals surface area contributed by atoms with Gasteiger partial charge in [0, 0.05) is 29.4 Å². The van der Waals surface area contributed by atoms with E-state index in [-0.39, 0.29) is 29.0 Å². The van der Waals surface area contributed by atoms with Gasteiger partial charge in [-0.2, -0.15) is 13.2 Å². The highest BCUT2D eigenvalue weighted by molar-refractivity contribution is 6.31. The lowest BCUT2D eigenvalue weighted by Gasteiger charge is -2.16. The van der Waals surface area contributed by atoms with Crippen molar-refractivity contribution >= 4 is 34.1 Å². The van der Waals surface area contributed by atoms with Crippen molar-refractivity contribution in [3.05, 3.63) is 82.8 Å². The summed E-state index contributed by atoms with van der Waals surface area (Å²) in [5.41, 5.74) is 5.48. The maximum atomic E-state index is 15.0. The first-order valence-corrected chi connectivity index (χ1v) is 12.8. The van der Waals surface area contributed by atoms with E-state index in [1.165, 1.54) is 31.5 Å². The first-order chi connectivity index (χ1) is 19.4. The van der Waals surface area contributed by atoms with Gasteiger partial charge in [-0.3, -0.25) is 9.78 Å². The lowest BCUT2D eigenvalue weighted by molar-refractivity contribution is -0.137. The highest BCUT2D eigenvalue weighted by Crippen LogP contribution is 2.40. The van der Waals surface area contributed by atoms with Gasteiger partial charge >= 0.3 is 6.18 Å². The number of carbonyl (C=O) groups is 1. The number of pyridine rings is 1. The molecule has 0 bridgehead atoms. The number of methoxy groups -OCH3 is 1. The number of hydrogen-bond donors (Lipinski definition) is 2. The topological polar surface area (TPSA) is 95.7 Å². The number of alkyl halides is 3. The van der Waals surface area contributed by atoms with E-state index in [2.05, 4.69) is 10.3 Å². The van der Waals surface area contributed by atoms with Gasteiger partial charge in [-0.15, -0.1) is 0 Å². The van der Waals surface area contributed by atoms with Crippen LogP contribution in [0.15, 0.2) is 60.8 Å². The van der Waals surface area contributed by atoms with Crippen molar-refractivity contribution in [1.29, 1.82) is 0 Å². The highest BCUT2D eigenvalue weighted by atomic mass is 35.5. The van der Waals surface area contributed by atoms with Gasteiger partial charge in [-0.1, -0.05) is 17.7 Å². The molecule has 7 nitrogen and oxygen atoms in total. The summed E-state index contributed by atoms with van der Waals surface area (Å²) in [5, 5.41) is 2.55. The number of ether oxygens (including phenoxy) is 3. The normalized spacial score (nSPS) is 14.0. The molecule has 1 heterocycles. The van der Waals surface area contributed by atoms with Crippen LogP contribution in [0.3, 0.4) is 0 Å². The van der Waals surface area contributed by atoms with E-state index in [0.29, 0.717) is 34.8 Å². The number of carbonyl (C=O) groups excluding carboxylic acids is 1. The fraction of sp³-hybridized carbons (Fsp3) is 0.241. The average Bonchev–Trinajstić information content (AvgIpc) is 3.66. The summed E-state index contributed by atoms with van der Waals surface area (Å²) in [6, 6.07) is 11.9. The molecule has 1 aliphatic rings. The summed E-state index contributed by atoms with van der Waals surface area (Å²) in [5.74, 6) is -0.330. The zero-order valence-electron chi connectivity index (χ0n) is 21.6. The number of amides is 1. The lowest BCUT2D eigenvalue weighted by Crippen LogP contribution is -2.29. The molecular weight excluding hydrogens is 566 g/mol. The summed E-state index contributed by atoms with van der Waals surface area (Å²) in [6.45, 7) is 0.341. The highest BCUT2D eigenvalue weighted by Gasteiger charge is 2.39.